The molecular weight excluding hydrogens is 434 g/mol. The molecule has 30 heavy (non-hydrogen) atoms. The van der Waals surface area contributed by atoms with E-state index in [2.05, 4.69) is 5.32 Å². The van der Waals surface area contributed by atoms with Crippen molar-refractivity contribution in [3.8, 4) is 0 Å². The maximum Gasteiger partial charge on any atom is 0.295 e. The Hall–Kier alpha value is -3.19. The van der Waals surface area contributed by atoms with Crippen LogP contribution in [0.5, 0.6) is 0 Å². The van der Waals surface area contributed by atoms with Crippen LogP contribution in [0.3, 0.4) is 0 Å². The zero-order chi connectivity index (χ0) is 22.7. The zero-order valence-electron chi connectivity index (χ0n) is 15.6. The number of fused-ring (bicyclic) bond motifs is 1. The number of rotatable bonds is 3. The Morgan fingerprint density at radius 2 is 1.40 bits per heavy atom. The van der Waals surface area contributed by atoms with E-state index >= 15 is 0 Å². The molecule has 0 spiro atoms. The molecule has 0 aliphatic carbocycles. The summed E-state index contributed by atoms with van der Waals surface area (Å²) in [6, 6.07) is 12.9. The van der Waals surface area contributed by atoms with Gasteiger partial charge in [-0.1, -0.05) is 18.2 Å². The summed E-state index contributed by atoms with van der Waals surface area (Å²) in [4.78, 5) is 9.57. The molecular formula is C18H19N3O7S2. The summed E-state index contributed by atoms with van der Waals surface area (Å²) in [5.41, 5.74) is 12.3. The van der Waals surface area contributed by atoms with Gasteiger partial charge in [0, 0.05) is 34.8 Å². The first-order valence-electron chi connectivity index (χ1n) is 8.19. The molecule has 3 rings (SSSR count). The van der Waals surface area contributed by atoms with Crippen LogP contribution >= 0.6 is 0 Å². The lowest BCUT2D eigenvalue weighted by molar-refractivity contribution is -0.114. The van der Waals surface area contributed by atoms with E-state index in [-0.39, 0.29) is 22.4 Å². The molecule has 1 amide bonds. The third kappa shape index (κ3) is 5.90. The Morgan fingerprint density at radius 1 is 0.800 bits per heavy atom. The Labute approximate surface area is 173 Å². The molecule has 0 fully saturated rings. The number of carbonyl (C=O) groups excluding carboxylic acids is 1. The van der Waals surface area contributed by atoms with Crippen molar-refractivity contribution in [2.45, 2.75) is 16.7 Å². The van der Waals surface area contributed by atoms with Crippen molar-refractivity contribution < 1.29 is 30.7 Å². The minimum absolute atomic E-state index is 0.0492. The normalized spacial score (nSPS) is 11.4. The van der Waals surface area contributed by atoms with Gasteiger partial charge in [-0.2, -0.15) is 16.8 Å². The average Bonchev–Trinajstić information content (AvgIpc) is 2.59. The second-order valence-corrected chi connectivity index (χ2v) is 8.91. The van der Waals surface area contributed by atoms with Gasteiger partial charge in [-0.05, 0) is 36.4 Å². The first kappa shape index (κ1) is 23.1. The SMILES string of the molecule is CC(=O)Nc1cccc(N)c1.Nc1cc(S(=O)(=O)O)c2cccc(S(=O)(=O)O)c2c1. The van der Waals surface area contributed by atoms with Crippen LogP contribution in [0.25, 0.3) is 10.8 Å². The molecule has 7 N–H and O–H groups in total. The summed E-state index contributed by atoms with van der Waals surface area (Å²) in [7, 11) is -9.11. The molecule has 0 saturated carbocycles. The van der Waals surface area contributed by atoms with Crippen molar-refractivity contribution >= 4 is 54.0 Å². The van der Waals surface area contributed by atoms with Crippen molar-refractivity contribution in [1.82, 2.24) is 0 Å². The van der Waals surface area contributed by atoms with Crippen LogP contribution in [0.4, 0.5) is 17.1 Å². The lowest BCUT2D eigenvalue weighted by atomic mass is 10.1. The smallest absolute Gasteiger partial charge is 0.295 e. The van der Waals surface area contributed by atoms with E-state index < -0.39 is 30.0 Å². The van der Waals surface area contributed by atoms with E-state index in [1.807, 2.05) is 0 Å². The second kappa shape index (κ2) is 8.67. The van der Waals surface area contributed by atoms with E-state index in [4.69, 9.17) is 20.6 Å². The maximum atomic E-state index is 11.2. The Morgan fingerprint density at radius 3 is 1.93 bits per heavy atom. The van der Waals surface area contributed by atoms with Crippen LogP contribution in [0.1, 0.15) is 6.92 Å². The first-order chi connectivity index (χ1) is 13.8. The fourth-order valence-electron chi connectivity index (χ4n) is 2.60. The number of carbonyl (C=O) groups is 1. The van der Waals surface area contributed by atoms with E-state index in [0.29, 0.717) is 5.69 Å². The number of amides is 1. The van der Waals surface area contributed by atoms with Gasteiger partial charge < -0.3 is 16.8 Å². The fraction of sp³-hybridized carbons (Fsp3) is 0.0556. The topological polar surface area (TPSA) is 190 Å². The Balaban J connectivity index is 0.000000248. The van der Waals surface area contributed by atoms with Crippen molar-refractivity contribution in [2.75, 3.05) is 16.8 Å². The molecule has 3 aromatic carbocycles. The summed E-state index contributed by atoms with van der Waals surface area (Å²) in [6.07, 6.45) is 0. The lowest BCUT2D eigenvalue weighted by Crippen LogP contribution is -2.05. The van der Waals surface area contributed by atoms with Gasteiger partial charge in [-0.3, -0.25) is 13.9 Å². The van der Waals surface area contributed by atoms with Crippen LogP contribution in [0.15, 0.2) is 64.4 Å². The van der Waals surface area contributed by atoms with Gasteiger partial charge in [-0.15, -0.1) is 0 Å². The number of nitrogen functional groups attached to an aromatic ring is 2. The number of hydrogen-bond donors (Lipinski definition) is 5. The van der Waals surface area contributed by atoms with Crippen molar-refractivity contribution in [2.24, 2.45) is 0 Å². The monoisotopic (exact) mass is 453 g/mol. The highest BCUT2D eigenvalue weighted by molar-refractivity contribution is 7.86. The standard InChI is InChI=1S/C10H9NO6S2.C8H10N2O/c11-6-4-8-7(10(5-6)19(15,16)17)2-1-3-9(8)18(12,13)14;1-6(11)10-8-4-2-3-7(9)5-8/h1-5H,11H2,(H,12,13,14)(H,15,16,17);2-5H,9H2,1H3,(H,10,11). The molecule has 0 atom stereocenters. The molecule has 10 nitrogen and oxygen atoms in total. The van der Waals surface area contributed by atoms with Gasteiger partial charge in [0.15, 0.2) is 0 Å². The highest BCUT2D eigenvalue weighted by Gasteiger charge is 2.20. The highest BCUT2D eigenvalue weighted by Crippen LogP contribution is 2.30. The maximum absolute atomic E-state index is 11.2. The largest absolute Gasteiger partial charge is 0.399 e. The quantitative estimate of drug-likeness (QED) is 0.292. The summed E-state index contributed by atoms with van der Waals surface area (Å²) in [5, 5.41) is 2.49. The summed E-state index contributed by atoms with van der Waals surface area (Å²) < 4.78 is 63.1. The van der Waals surface area contributed by atoms with Gasteiger partial charge in [0.1, 0.15) is 9.79 Å². The predicted octanol–water partition coefficient (Wildman–Crippen LogP) is 2.14. The molecule has 0 aliphatic rings. The van der Waals surface area contributed by atoms with E-state index in [0.717, 1.165) is 17.8 Å². The van der Waals surface area contributed by atoms with Crippen LogP contribution in [-0.2, 0) is 25.0 Å². The fourth-order valence-corrected chi connectivity index (χ4v) is 4.04. The first-order valence-corrected chi connectivity index (χ1v) is 11.1. The van der Waals surface area contributed by atoms with E-state index in [9.17, 15) is 21.6 Å². The van der Waals surface area contributed by atoms with Crippen LogP contribution in [0, 0.1) is 0 Å². The highest BCUT2D eigenvalue weighted by atomic mass is 32.2. The number of anilines is 3. The molecule has 0 aromatic heterocycles. The van der Waals surface area contributed by atoms with Gasteiger partial charge in [0.05, 0.1) is 0 Å². The molecule has 0 aliphatic heterocycles. The Kier molecular flexibility index (Phi) is 6.67. The van der Waals surface area contributed by atoms with Gasteiger partial charge in [-0.25, -0.2) is 0 Å². The zero-order valence-corrected chi connectivity index (χ0v) is 17.2. The molecule has 3 aromatic rings. The van der Waals surface area contributed by atoms with Crippen LogP contribution in [-0.4, -0.2) is 31.8 Å². The van der Waals surface area contributed by atoms with Crippen LogP contribution in [0.2, 0.25) is 0 Å². The molecule has 0 unspecified atom stereocenters. The van der Waals surface area contributed by atoms with Gasteiger partial charge in [0.25, 0.3) is 20.2 Å². The predicted molar refractivity (Wildman–Crippen MR) is 113 cm³/mol. The second-order valence-electron chi connectivity index (χ2n) is 6.13. The number of nitrogens with two attached hydrogens (primary N) is 2. The Bertz CT molecular complexity index is 1320. The third-order valence-electron chi connectivity index (χ3n) is 3.70. The molecule has 160 valence electrons. The summed E-state index contributed by atoms with van der Waals surface area (Å²) in [5.74, 6) is -0.0874. The minimum Gasteiger partial charge on any atom is -0.399 e. The van der Waals surface area contributed by atoms with Crippen LogP contribution < -0.4 is 16.8 Å². The average molecular weight is 453 g/mol. The van der Waals surface area contributed by atoms with Crippen molar-refractivity contribution in [1.29, 1.82) is 0 Å². The third-order valence-corrected chi connectivity index (χ3v) is 5.51. The van der Waals surface area contributed by atoms with Crippen molar-refractivity contribution in [3.63, 3.8) is 0 Å². The molecule has 0 saturated heterocycles. The summed E-state index contributed by atoms with van der Waals surface area (Å²) in [6.45, 7) is 1.46. The molecule has 0 heterocycles. The molecule has 0 radical (unpaired) electrons. The molecule has 12 heteroatoms. The minimum atomic E-state index is -4.57. The molecule has 0 bridgehead atoms. The number of hydrogen-bond acceptors (Lipinski definition) is 7. The van der Waals surface area contributed by atoms with Gasteiger partial charge >= 0.3 is 0 Å². The number of nitrogens with one attached hydrogen (secondary N) is 1. The number of benzene rings is 3. The van der Waals surface area contributed by atoms with E-state index in [1.54, 1.807) is 24.3 Å². The summed E-state index contributed by atoms with van der Waals surface area (Å²) >= 11 is 0. The van der Waals surface area contributed by atoms with Crippen molar-refractivity contribution in [3.05, 3.63) is 54.6 Å². The lowest BCUT2D eigenvalue weighted by Gasteiger charge is -2.08. The van der Waals surface area contributed by atoms with E-state index in [1.165, 1.54) is 25.1 Å². The van der Waals surface area contributed by atoms with Gasteiger partial charge in [0.2, 0.25) is 5.91 Å².